The average Bonchev–Trinajstić information content (AvgIpc) is 1.96. The van der Waals surface area contributed by atoms with Gasteiger partial charge < -0.3 is 10.8 Å². The minimum atomic E-state index is -0.769. The van der Waals surface area contributed by atoms with Crippen LogP contribution in [0.2, 0.25) is 0 Å². The van der Waals surface area contributed by atoms with Gasteiger partial charge in [0.25, 0.3) is 0 Å². The van der Waals surface area contributed by atoms with Gasteiger partial charge in [-0.15, -0.1) is 0 Å². The molecule has 1 aliphatic carbocycles. The lowest BCUT2D eigenvalue weighted by Crippen LogP contribution is -2.34. The highest BCUT2D eigenvalue weighted by molar-refractivity contribution is 5.71. The van der Waals surface area contributed by atoms with Crippen molar-refractivity contribution in [3.63, 3.8) is 0 Å². The van der Waals surface area contributed by atoms with Crippen LogP contribution < -0.4 is 5.73 Å². The molecule has 0 aliphatic heterocycles. The SMILES string of the molecule is N[C@@H]1C=CCCCC[C@H]1C(=O)O. The van der Waals surface area contributed by atoms with Gasteiger partial charge in [0, 0.05) is 6.04 Å². The first kappa shape index (κ1) is 9.26. The Morgan fingerprint density at radius 3 is 2.92 bits per heavy atom. The van der Waals surface area contributed by atoms with Gasteiger partial charge in [0.2, 0.25) is 0 Å². The molecular weight excluding hydrogens is 154 g/mol. The van der Waals surface area contributed by atoms with Crippen LogP contribution in [0.15, 0.2) is 12.2 Å². The van der Waals surface area contributed by atoms with Crippen molar-refractivity contribution in [2.24, 2.45) is 11.7 Å². The average molecular weight is 169 g/mol. The van der Waals surface area contributed by atoms with E-state index in [1.165, 1.54) is 0 Å². The molecule has 0 aromatic rings. The van der Waals surface area contributed by atoms with Crippen molar-refractivity contribution in [3.8, 4) is 0 Å². The summed E-state index contributed by atoms with van der Waals surface area (Å²) in [6.07, 6.45) is 7.58. The largest absolute Gasteiger partial charge is 0.481 e. The van der Waals surface area contributed by atoms with Crippen molar-refractivity contribution in [1.82, 2.24) is 0 Å². The minimum absolute atomic E-state index is 0.303. The highest BCUT2D eigenvalue weighted by Gasteiger charge is 2.23. The van der Waals surface area contributed by atoms with Crippen LogP contribution >= 0.6 is 0 Å². The number of carbonyl (C=O) groups is 1. The van der Waals surface area contributed by atoms with Gasteiger partial charge in [0.05, 0.1) is 5.92 Å². The molecule has 1 aliphatic rings. The number of rotatable bonds is 1. The smallest absolute Gasteiger partial charge is 0.308 e. The molecule has 0 aromatic heterocycles. The summed E-state index contributed by atoms with van der Waals surface area (Å²) in [5, 5.41) is 8.81. The van der Waals surface area contributed by atoms with Gasteiger partial charge >= 0.3 is 5.97 Å². The molecule has 2 atom stereocenters. The molecular formula is C9H15NO2. The maximum Gasteiger partial charge on any atom is 0.308 e. The van der Waals surface area contributed by atoms with E-state index >= 15 is 0 Å². The van der Waals surface area contributed by atoms with Gasteiger partial charge in [-0.1, -0.05) is 18.6 Å². The summed E-state index contributed by atoms with van der Waals surface area (Å²) in [7, 11) is 0. The van der Waals surface area contributed by atoms with Gasteiger partial charge in [-0.2, -0.15) is 0 Å². The molecule has 0 heterocycles. The first-order chi connectivity index (χ1) is 5.72. The Labute approximate surface area is 72.3 Å². The van der Waals surface area contributed by atoms with Crippen molar-refractivity contribution in [2.75, 3.05) is 0 Å². The first-order valence-corrected chi connectivity index (χ1v) is 4.37. The fraction of sp³-hybridized carbons (Fsp3) is 0.667. The Hall–Kier alpha value is -0.830. The summed E-state index contributed by atoms with van der Waals surface area (Å²) < 4.78 is 0. The first-order valence-electron chi connectivity index (χ1n) is 4.37. The number of carboxylic acids is 1. The summed E-state index contributed by atoms with van der Waals surface area (Å²) in [6, 6.07) is -0.303. The standard InChI is InChI=1S/C9H15NO2/c10-8-6-4-2-1-3-5-7(8)9(11)12/h4,6-8H,1-3,5,10H2,(H,11,12)/t7-,8-/m1/s1. The minimum Gasteiger partial charge on any atom is -0.481 e. The Kier molecular flexibility index (Phi) is 3.29. The van der Waals surface area contributed by atoms with Crippen LogP contribution in [0.4, 0.5) is 0 Å². The number of hydrogen-bond acceptors (Lipinski definition) is 2. The second-order valence-corrected chi connectivity index (χ2v) is 3.23. The van der Waals surface area contributed by atoms with Crippen LogP contribution in [-0.4, -0.2) is 17.1 Å². The van der Waals surface area contributed by atoms with E-state index in [9.17, 15) is 4.79 Å². The molecule has 3 N–H and O–H groups in total. The quantitative estimate of drug-likeness (QED) is 0.579. The lowest BCUT2D eigenvalue weighted by molar-refractivity contribution is -0.142. The summed E-state index contributed by atoms with van der Waals surface area (Å²) in [5.74, 6) is -1.16. The fourth-order valence-corrected chi connectivity index (χ4v) is 1.49. The molecule has 3 nitrogen and oxygen atoms in total. The van der Waals surface area contributed by atoms with E-state index in [1.54, 1.807) is 0 Å². The molecule has 0 saturated heterocycles. The van der Waals surface area contributed by atoms with Gasteiger partial charge in [0.15, 0.2) is 0 Å². The molecule has 3 heteroatoms. The molecule has 12 heavy (non-hydrogen) atoms. The highest BCUT2D eigenvalue weighted by atomic mass is 16.4. The molecule has 0 amide bonds. The molecule has 0 fully saturated rings. The Morgan fingerprint density at radius 2 is 2.25 bits per heavy atom. The third-order valence-electron chi connectivity index (χ3n) is 2.28. The normalized spacial score (nSPS) is 30.8. The maximum absolute atomic E-state index is 10.7. The van der Waals surface area contributed by atoms with E-state index in [4.69, 9.17) is 10.8 Å². The maximum atomic E-state index is 10.7. The Balaban J connectivity index is 2.62. The number of carboxylic acid groups (broad SMARTS) is 1. The van der Waals surface area contributed by atoms with E-state index in [0.717, 1.165) is 19.3 Å². The second-order valence-electron chi connectivity index (χ2n) is 3.23. The zero-order valence-corrected chi connectivity index (χ0v) is 7.07. The molecule has 0 saturated carbocycles. The zero-order chi connectivity index (χ0) is 8.97. The van der Waals surface area contributed by atoms with Crippen LogP contribution in [0.3, 0.4) is 0 Å². The van der Waals surface area contributed by atoms with Gasteiger partial charge in [-0.3, -0.25) is 4.79 Å². The summed E-state index contributed by atoms with van der Waals surface area (Å²) in [4.78, 5) is 10.7. The number of allylic oxidation sites excluding steroid dienone is 1. The number of aliphatic carboxylic acids is 1. The van der Waals surface area contributed by atoms with E-state index < -0.39 is 5.97 Å². The molecule has 0 radical (unpaired) electrons. The van der Waals surface area contributed by atoms with E-state index in [0.29, 0.717) is 6.42 Å². The molecule has 68 valence electrons. The van der Waals surface area contributed by atoms with Crippen LogP contribution in [0.25, 0.3) is 0 Å². The predicted octanol–water partition coefficient (Wildman–Crippen LogP) is 1.14. The van der Waals surface area contributed by atoms with Crippen molar-refractivity contribution in [2.45, 2.75) is 31.7 Å². The van der Waals surface area contributed by atoms with Crippen LogP contribution in [-0.2, 0) is 4.79 Å². The summed E-state index contributed by atoms with van der Waals surface area (Å²) in [5.41, 5.74) is 5.68. The van der Waals surface area contributed by atoms with Crippen molar-refractivity contribution in [3.05, 3.63) is 12.2 Å². The molecule has 0 unspecified atom stereocenters. The van der Waals surface area contributed by atoms with Crippen LogP contribution in [0.5, 0.6) is 0 Å². The zero-order valence-electron chi connectivity index (χ0n) is 7.07. The van der Waals surface area contributed by atoms with E-state index in [2.05, 4.69) is 0 Å². The second kappa shape index (κ2) is 4.26. The van der Waals surface area contributed by atoms with Crippen LogP contribution in [0, 0.1) is 5.92 Å². The lowest BCUT2D eigenvalue weighted by Gasteiger charge is -2.18. The van der Waals surface area contributed by atoms with E-state index in [1.807, 2.05) is 12.2 Å². The van der Waals surface area contributed by atoms with Crippen molar-refractivity contribution < 1.29 is 9.90 Å². The number of nitrogens with two attached hydrogens (primary N) is 1. The van der Waals surface area contributed by atoms with Crippen molar-refractivity contribution >= 4 is 5.97 Å². The summed E-state index contributed by atoms with van der Waals surface area (Å²) in [6.45, 7) is 0. The third kappa shape index (κ3) is 2.34. The van der Waals surface area contributed by atoms with Gasteiger partial charge in [-0.05, 0) is 19.3 Å². The Bertz CT molecular complexity index is 189. The molecule has 0 spiro atoms. The fourth-order valence-electron chi connectivity index (χ4n) is 1.49. The number of hydrogen-bond donors (Lipinski definition) is 2. The third-order valence-corrected chi connectivity index (χ3v) is 2.28. The summed E-state index contributed by atoms with van der Waals surface area (Å²) >= 11 is 0. The van der Waals surface area contributed by atoms with Crippen molar-refractivity contribution in [1.29, 1.82) is 0 Å². The monoisotopic (exact) mass is 169 g/mol. The lowest BCUT2D eigenvalue weighted by atomic mass is 9.91. The highest BCUT2D eigenvalue weighted by Crippen LogP contribution is 2.17. The topological polar surface area (TPSA) is 63.3 Å². The molecule has 0 aromatic carbocycles. The van der Waals surface area contributed by atoms with Crippen LogP contribution in [0.1, 0.15) is 25.7 Å². The van der Waals surface area contributed by atoms with E-state index in [-0.39, 0.29) is 12.0 Å². The Morgan fingerprint density at radius 1 is 1.50 bits per heavy atom. The van der Waals surface area contributed by atoms with Gasteiger partial charge in [0.1, 0.15) is 0 Å². The van der Waals surface area contributed by atoms with Gasteiger partial charge in [-0.25, -0.2) is 0 Å². The molecule has 0 bridgehead atoms. The molecule has 1 rings (SSSR count). The predicted molar refractivity (Wildman–Crippen MR) is 46.7 cm³/mol.